The summed E-state index contributed by atoms with van der Waals surface area (Å²) in [6.07, 6.45) is 0.960. The second kappa shape index (κ2) is 6.82. The number of rotatable bonds is 5. The molecule has 0 radical (unpaired) electrons. The van der Waals surface area contributed by atoms with Gasteiger partial charge >= 0.3 is 6.09 Å². The topological polar surface area (TPSA) is 51.7 Å². The molecule has 126 valence electrons. The summed E-state index contributed by atoms with van der Waals surface area (Å²) in [7, 11) is 0. The molecule has 0 saturated carbocycles. The molecule has 0 aliphatic carbocycles. The summed E-state index contributed by atoms with van der Waals surface area (Å²) in [6.45, 7) is 1.37. The third kappa shape index (κ3) is 3.45. The Hall–Kier alpha value is -2.70. The van der Waals surface area contributed by atoms with Crippen molar-refractivity contribution >= 4 is 6.09 Å². The number of carbonyl (C=O) groups excluding carboxylic acids is 1. The van der Waals surface area contributed by atoms with Crippen LogP contribution >= 0.6 is 0 Å². The van der Waals surface area contributed by atoms with E-state index in [1.54, 1.807) is 25.1 Å². The highest BCUT2D eigenvalue weighted by Gasteiger charge is 2.32. The number of ether oxygens (including phenoxy) is 2. The van der Waals surface area contributed by atoms with Gasteiger partial charge in [-0.15, -0.1) is 0 Å². The molecule has 0 bridgehead atoms. The maximum absolute atomic E-state index is 13.8. The van der Waals surface area contributed by atoms with E-state index in [0.717, 1.165) is 5.56 Å². The first-order valence-corrected chi connectivity index (χ1v) is 7.45. The van der Waals surface area contributed by atoms with Crippen molar-refractivity contribution in [1.82, 2.24) is 9.88 Å². The van der Waals surface area contributed by atoms with E-state index in [4.69, 9.17) is 9.47 Å². The lowest BCUT2D eigenvalue weighted by molar-refractivity contribution is 0.155. The van der Waals surface area contributed by atoms with Crippen molar-refractivity contribution in [2.75, 3.05) is 13.3 Å². The molecule has 1 aromatic heterocycles. The number of pyridine rings is 1. The maximum atomic E-state index is 13.8. The fourth-order valence-corrected chi connectivity index (χ4v) is 2.37. The number of nitrogens with zero attached hydrogens (tertiary/aromatic N) is 2. The quantitative estimate of drug-likeness (QED) is 0.838. The van der Waals surface area contributed by atoms with Gasteiger partial charge in [-0.05, 0) is 30.2 Å². The Morgan fingerprint density at radius 2 is 2.21 bits per heavy atom. The fourth-order valence-electron chi connectivity index (χ4n) is 2.37. The predicted octanol–water partition coefficient (Wildman–Crippen LogP) is 3.61. The minimum atomic E-state index is -0.660. The van der Waals surface area contributed by atoms with E-state index < -0.39 is 24.6 Å². The van der Waals surface area contributed by atoms with Gasteiger partial charge in [-0.1, -0.05) is 12.1 Å². The van der Waals surface area contributed by atoms with Crippen LogP contribution in [0.25, 0.3) is 0 Å². The zero-order valence-corrected chi connectivity index (χ0v) is 13.0. The van der Waals surface area contributed by atoms with E-state index in [0.29, 0.717) is 5.56 Å². The van der Waals surface area contributed by atoms with E-state index in [1.807, 2.05) is 0 Å². The first-order valence-electron chi connectivity index (χ1n) is 7.45. The van der Waals surface area contributed by atoms with Crippen LogP contribution in [0.1, 0.15) is 11.1 Å². The number of amides is 1. The standard InChI is InChI=1S/C17H16F2N2O3/c1-11-2-4-15(14(19)6-11)24-16-5-3-12(8-20-16)9-21-13(7-18)10-23-17(21)22/h2-6,8,13H,7,9-10H2,1H3. The molecule has 1 atom stereocenters. The summed E-state index contributed by atoms with van der Waals surface area (Å²) >= 11 is 0. The van der Waals surface area contributed by atoms with E-state index in [9.17, 15) is 13.6 Å². The van der Waals surface area contributed by atoms with Gasteiger partial charge in [0.2, 0.25) is 5.88 Å². The smallest absolute Gasteiger partial charge is 0.410 e. The van der Waals surface area contributed by atoms with Crippen LogP contribution in [0.3, 0.4) is 0 Å². The Morgan fingerprint density at radius 1 is 1.38 bits per heavy atom. The van der Waals surface area contributed by atoms with Gasteiger partial charge in [0.15, 0.2) is 11.6 Å². The van der Waals surface area contributed by atoms with Gasteiger partial charge in [0.05, 0.1) is 12.6 Å². The monoisotopic (exact) mass is 334 g/mol. The fraction of sp³-hybridized carbons (Fsp3) is 0.294. The lowest BCUT2D eigenvalue weighted by Crippen LogP contribution is -2.34. The van der Waals surface area contributed by atoms with Crippen LogP contribution in [0.4, 0.5) is 13.6 Å². The molecule has 0 spiro atoms. The molecule has 2 aromatic rings. The number of halogens is 2. The normalized spacial score (nSPS) is 17.0. The first-order chi connectivity index (χ1) is 11.6. The molecule has 1 aliphatic heterocycles. The summed E-state index contributed by atoms with van der Waals surface area (Å²) in [5.41, 5.74) is 1.49. The summed E-state index contributed by atoms with van der Waals surface area (Å²) < 4.78 is 36.8. The van der Waals surface area contributed by atoms with E-state index in [1.165, 1.54) is 23.2 Å². The second-order valence-corrected chi connectivity index (χ2v) is 5.55. The zero-order valence-electron chi connectivity index (χ0n) is 13.0. The third-order valence-corrected chi connectivity index (χ3v) is 3.71. The molecule has 1 aromatic carbocycles. The third-order valence-electron chi connectivity index (χ3n) is 3.71. The second-order valence-electron chi connectivity index (χ2n) is 5.55. The van der Waals surface area contributed by atoms with Gasteiger partial charge in [-0.3, -0.25) is 4.90 Å². The van der Waals surface area contributed by atoms with Crippen molar-refractivity contribution in [2.45, 2.75) is 19.5 Å². The summed E-state index contributed by atoms with van der Waals surface area (Å²) in [4.78, 5) is 17.0. The molecule has 1 aliphatic rings. The Balaban J connectivity index is 1.68. The highest BCUT2D eigenvalue weighted by molar-refractivity contribution is 5.70. The molecule has 1 unspecified atom stereocenters. The van der Waals surface area contributed by atoms with Crippen molar-refractivity contribution < 1.29 is 23.0 Å². The molecule has 1 amide bonds. The Bertz CT molecular complexity index is 737. The summed E-state index contributed by atoms with van der Waals surface area (Å²) in [6, 6.07) is 7.33. The number of aryl methyl sites for hydroxylation is 1. The molecule has 1 saturated heterocycles. The predicted molar refractivity (Wildman–Crippen MR) is 82.1 cm³/mol. The number of hydrogen-bond acceptors (Lipinski definition) is 4. The number of hydrogen-bond donors (Lipinski definition) is 0. The number of carbonyl (C=O) groups is 1. The molecule has 0 N–H and O–H groups in total. The average molecular weight is 334 g/mol. The number of benzene rings is 1. The highest BCUT2D eigenvalue weighted by Crippen LogP contribution is 2.24. The van der Waals surface area contributed by atoms with Crippen molar-refractivity contribution in [2.24, 2.45) is 0 Å². The lowest BCUT2D eigenvalue weighted by atomic mass is 10.2. The molecule has 5 nitrogen and oxygen atoms in total. The van der Waals surface area contributed by atoms with Crippen LogP contribution in [0.2, 0.25) is 0 Å². The number of aromatic nitrogens is 1. The summed E-state index contributed by atoms with van der Waals surface area (Å²) in [5, 5.41) is 0. The lowest BCUT2D eigenvalue weighted by Gasteiger charge is -2.18. The molecule has 7 heteroatoms. The minimum absolute atomic E-state index is 0.0522. The van der Waals surface area contributed by atoms with Crippen LogP contribution in [-0.2, 0) is 11.3 Å². The number of alkyl halides is 1. The molecule has 1 fully saturated rings. The van der Waals surface area contributed by atoms with Gasteiger partial charge in [0.25, 0.3) is 0 Å². The number of cyclic esters (lactones) is 1. The average Bonchev–Trinajstić information content (AvgIpc) is 2.92. The SMILES string of the molecule is Cc1ccc(Oc2ccc(CN3C(=O)OCC3CF)cn2)c(F)c1. The Labute approximate surface area is 137 Å². The maximum Gasteiger partial charge on any atom is 0.410 e. The zero-order chi connectivity index (χ0) is 17.1. The minimum Gasteiger partial charge on any atom is -0.447 e. The van der Waals surface area contributed by atoms with Crippen molar-refractivity contribution in [1.29, 1.82) is 0 Å². The van der Waals surface area contributed by atoms with Crippen molar-refractivity contribution in [3.05, 3.63) is 53.5 Å². The molecule has 2 heterocycles. The molecular formula is C17H16F2N2O3. The first kappa shape index (κ1) is 16.2. The van der Waals surface area contributed by atoms with Crippen molar-refractivity contribution in [3.63, 3.8) is 0 Å². The van der Waals surface area contributed by atoms with Crippen LogP contribution in [0, 0.1) is 12.7 Å². The van der Waals surface area contributed by atoms with Gasteiger partial charge in [-0.25, -0.2) is 18.6 Å². The van der Waals surface area contributed by atoms with E-state index in [2.05, 4.69) is 4.98 Å². The Kier molecular flexibility index (Phi) is 4.59. The largest absolute Gasteiger partial charge is 0.447 e. The molecular weight excluding hydrogens is 318 g/mol. The van der Waals surface area contributed by atoms with Crippen LogP contribution < -0.4 is 4.74 Å². The van der Waals surface area contributed by atoms with Crippen LogP contribution in [-0.4, -0.2) is 35.3 Å². The molecule has 3 rings (SSSR count). The van der Waals surface area contributed by atoms with Gasteiger partial charge in [0.1, 0.15) is 13.3 Å². The highest BCUT2D eigenvalue weighted by atomic mass is 19.1. The summed E-state index contributed by atoms with van der Waals surface area (Å²) in [5.74, 6) is -0.152. The molecule has 24 heavy (non-hydrogen) atoms. The van der Waals surface area contributed by atoms with Gasteiger partial charge in [-0.2, -0.15) is 0 Å². The van der Waals surface area contributed by atoms with Crippen LogP contribution in [0.5, 0.6) is 11.6 Å². The Morgan fingerprint density at radius 3 is 2.88 bits per heavy atom. The van der Waals surface area contributed by atoms with E-state index >= 15 is 0 Å². The van der Waals surface area contributed by atoms with E-state index in [-0.39, 0.29) is 24.8 Å². The van der Waals surface area contributed by atoms with Gasteiger partial charge < -0.3 is 9.47 Å². The van der Waals surface area contributed by atoms with Crippen molar-refractivity contribution in [3.8, 4) is 11.6 Å². The van der Waals surface area contributed by atoms with Crippen LogP contribution in [0.15, 0.2) is 36.5 Å². The van der Waals surface area contributed by atoms with Gasteiger partial charge in [0, 0.05) is 12.3 Å².